The molecule has 0 aliphatic carbocycles. The van der Waals surface area contributed by atoms with Crippen LogP contribution >= 0.6 is 0 Å². The van der Waals surface area contributed by atoms with Gasteiger partial charge in [0, 0.05) is 47.6 Å². The van der Waals surface area contributed by atoms with Crippen molar-refractivity contribution in [1.29, 1.82) is 0 Å². The van der Waals surface area contributed by atoms with Crippen molar-refractivity contribution >= 4 is 16.9 Å². The summed E-state index contributed by atoms with van der Waals surface area (Å²) in [6, 6.07) is 4.32. The van der Waals surface area contributed by atoms with E-state index in [1.807, 2.05) is 6.07 Å². The third-order valence-electron chi connectivity index (χ3n) is 7.14. The predicted octanol–water partition coefficient (Wildman–Crippen LogP) is 3.20. The molecule has 7 nitrogen and oxygen atoms in total. The van der Waals surface area contributed by atoms with E-state index >= 15 is 0 Å². The third-order valence-corrected chi connectivity index (χ3v) is 7.14. The smallest absolute Gasteiger partial charge is 0.337 e. The number of nitrogens with one attached hydrogen (secondary N) is 1. The van der Waals surface area contributed by atoms with Crippen LogP contribution in [0.25, 0.3) is 10.9 Å². The molecule has 1 saturated heterocycles. The van der Waals surface area contributed by atoms with E-state index in [0.29, 0.717) is 5.57 Å². The average molecular weight is 412 g/mol. The zero-order valence-corrected chi connectivity index (χ0v) is 17.9. The number of ether oxygens (including phenoxy) is 4. The minimum Gasteiger partial charge on any atom is -0.497 e. The molecule has 3 aliphatic rings. The summed E-state index contributed by atoms with van der Waals surface area (Å²) in [5.41, 5.74) is 4.31. The van der Waals surface area contributed by atoms with E-state index in [2.05, 4.69) is 22.9 Å². The average Bonchev–Trinajstić information content (AvgIpc) is 3.14. The van der Waals surface area contributed by atoms with Gasteiger partial charge in [0.1, 0.15) is 0 Å². The van der Waals surface area contributed by atoms with Crippen LogP contribution in [0.2, 0.25) is 0 Å². The number of nitrogens with zero attached hydrogens (tertiary/aromatic N) is 1. The number of carbonyl (C=O) groups is 1. The monoisotopic (exact) mass is 412 g/mol. The van der Waals surface area contributed by atoms with Crippen molar-refractivity contribution < 1.29 is 23.7 Å². The fourth-order valence-corrected chi connectivity index (χ4v) is 5.56. The molecule has 1 fully saturated rings. The molecule has 0 saturated carbocycles. The summed E-state index contributed by atoms with van der Waals surface area (Å²) >= 11 is 0. The number of H-pyrrole nitrogens is 1. The second kappa shape index (κ2) is 7.23. The number of hydrogen-bond donors (Lipinski definition) is 1. The number of hydrogen-bond acceptors (Lipinski definition) is 6. The minimum atomic E-state index is -0.285. The van der Waals surface area contributed by atoms with Gasteiger partial charge in [-0.05, 0) is 31.4 Å². The van der Waals surface area contributed by atoms with Crippen LogP contribution in [0, 0.1) is 11.8 Å². The molecule has 7 heteroatoms. The van der Waals surface area contributed by atoms with Crippen molar-refractivity contribution in [1.82, 2.24) is 9.88 Å². The third kappa shape index (κ3) is 2.79. The summed E-state index contributed by atoms with van der Waals surface area (Å²) in [6.45, 7) is 4.00. The van der Waals surface area contributed by atoms with Gasteiger partial charge in [0.2, 0.25) is 0 Å². The first-order chi connectivity index (χ1) is 14.5. The molecule has 160 valence electrons. The molecule has 3 unspecified atom stereocenters. The number of benzene rings is 1. The number of fused-ring (bicyclic) bond motifs is 6. The Kier molecular flexibility index (Phi) is 4.65. The molecule has 2 aromatic rings. The summed E-state index contributed by atoms with van der Waals surface area (Å²) in [6.07, 6.45) is 3.56. The molecule has 1 aromatic carbocycles. The molecule has 4 atom stereocenters. The lowest BCUT2D eigenvalue weighted by atomic mass is 9.72. The first-order valence-electron chi connectivity index (χ1n) is 10.5. The van der Waals surface area contributed by atoms with Gasteiger partial charge in [-0.1, -0.05) is 0 Å². The summed E-state index contributed by atoms with van der Waals surface area (Å²) in [5.74, 6) is 1.59. The summed E-state index contributed by atoms with van der Waals surface area (Å²) < 4.78 is 21.9. The number of carbonyl (C=O) groups excluding carboxylic acids is 1. The van der Waals surface area contributed by atoms with Crippen LogP contribution in [0.4, 0.5) is 0 Å². The maximum atomic E-state index is 12.4. The van der Waals surface area contributed by atoms with Crippen molar-refractivity contribution in [2.75, 3.05) is 34.4 Å². The Labute approximate surface area is 175 Å². The molecular formula is C23H28N2O5. The molecule has 30 heavy (non-hydrogen) atoms. The Bertz CT molecular complexity index is 1030. The Hall–Kier alpha value is -2.67. The second-order valence-electron chi connectivity index (χ2n) is 8.44. The number of esters is 1. The second-order valence-corrected chi connectivity index (χ2v) is 8.44. The lowest BCUT2D eigenvalue weighted by Crippen LogP contribution is -2.51. The highest BCUT2D eigenvalue weighted by molar-refractivity contribution is 5.89. The molecule has 0 radical (unpaired) electrons. The van der Waals surface area contributed by atoms with Crippen LogP contribution < -0.4 is 9.47 Å². The zero-order chi connectivity index (χ0) is 21.0. The number of rotatable bonds is 3. The van der Waals surface area contributed by atoms with Gasteiger partial charge in [-0.2, -0.15) is 0 Å². The number of aromatic nitrogens is 1. The summed E-state index contributed by atoms with van der Waals surface area (Å²) in [4.78, 5) is 18.6. The first kappa shape index (κ1) is 19.3. The van der Waals surface area contributed by atoms with Gasteiger partial charge in [-0.3, -0.25) is 4.90 Å². The maximum absolute atomic E-state index is 12.4. The van der Waals surface area contributed by atoms with Crippen molar-refractivity contribution in [2.24, 2.45) is 11.8 Å². The van der Waals surface area contributed by atoms with Gasteiger partial charge in [0.05, 0.1) is 45.3 Å². The number of methoxy groups -OCH3 is 3. The van der Waals surface area contributed by atoms with E-state index < -0.39 is 0 Å². The first-order valence-corrected chi connectivity index (χ1v) is 10.5. The van der Waals surface area contributed by atoms with Crippen LogP contribution in [0.15, 0.2) is 24.0 Å². The highest BCUT2D eigenvalue weighted by atomic mass is 16.5. The Morgan fingerprint density at radius 1 is 1.20 bits per heavy atom. The lowest BCUT2D eigenvalue weighted by molar-refractivity contribution is -0.139. The Balaban J connectivity index is 1.56. The highest BCUT2D eigenvalue weighted by Gasteiger charge is 2.47. The number of piperidine rings is 1. The quantitative estimate of drug-likeness (QED) is 0.781. The predicted molar refractivity (Wildman–Crippen MR) is 112 cm³/mol. The molecule has 0 amide bonds. The van der Waals surface area contributed by atoms with Crippen molar-refractivity contribution in [3.63, 3.8) is 0 Å². The van der Waals surface area contributed by atoms with E-state index in [4.69, 9.17) is 18.9 Å². The van der Waals surface area contributed by atoms with Crippen LogP contribution in [0.1, 0.15) is 30.6 Å². The largest absolute Gasteiger partial charge is 0.497 e. The van der Waals surface area contributed by atoms with Crippen LogP contribution in [-0.4, -0.2) is 56.4 Å². The lowest BCUT2D eigenvalue weighted by Gasteiger charge is -2.49. The van der Waals surface area contributed by atoms with Gasteiger partial charge >= 0.3 is 5.97 Å². The molecule has 0 spiro atoms. The van der Waals surface area contributed by atoms with E-state index in [1.54, 1.807) is 20.5 Å². The standard InChI is InChI=1S/C23H28N2O5/c1-12-16-10-25-6-5-13-15-8-20(27-2)21(28-3)9-18(15)24-22(13)19(25)7-14(16)17(11-30-12)23(26)29-4/h8-9,11-12,14,16,19,24H,5-7,10H2,1-4H3/t12?,14?,16-,19?/m1/s1. The number of aromatic amines is 1. The Morgan fingerprint density at radius 2 is 1.97 bits per heavy atom. The minimum absolute atomic E-state index is 0.0852. The normalized spacial score (nSPS) is 27.9. The van der Waals surface area contributed by atoms with Gasteiger partial charge in [0.15, 0.2) is 11.5 Å². The summed E-state index contributed by atoms with van der Waals surface area (Å²) in [5, 5.41) is 1.19. The Morgan fingerprint density at radius 3 is 2.70 bits per heavy atom. The van der Waals surface area contributed by atoms with Crippen molar-refractivity contribution in [3.8, 4) is 11.5 Å². The van der Waals surface area contributed by atoms with E-state index in [-0.39, 0.29) is 30.0 Å². The van der Waals surface area contributed by atoms with Gasteiger partial charge in [-0.25, -0.2) is 4.79 Å². The van der Waals surface area contributed by atoms with Gasteiger partial charge < -0.3 is 23.9 Å². The maximum Gasteiger partial charge on any atom is 0.337 e. The van der Waals surface area contributed by atoms with Gasteiger partial charge in [-0.15, -0.1) is 0 Å². The molecule has 3 aliphatic heterocycles. The van der Waals surface area contributed by atoms with Crippen LogP contribution in [0.3, 0.4) is 0 Å². The molecule has 0 bridgehead atoms. The fourth-order valence-electron chi connectivity index (χ4n) is 5.56. The zero-order valence-electron chi connectivity index (χ0n) is 17.9. The molecule has 5 rings (SSSR count). The molecule has 4 heterocycles. The van der Waals surface area contributed by atoms with E-state index in [0.717, 1.165) is 42.9 Å². The van der Waals surface area contributed by atoms with E-state index in [1.165, 1.54) is 23.8 Å². The van der Waals surface area contributed by atoms with E-state index in [9.17, 15) is 4.79 Å². The topological polar surface area (TPSA) is 73.0 Å². The molecule has 1 aromatic heterocycles. The molecular weight excluding hydrogens is 384 g/mol. The fraction of sp³-hybridized carbons (Fsp3) is 0.522. The van der Waals surface area contributed by atoms with Crippen LogP contribution in [-0.2, 0) is 20.7 Å². The SMILES string of the molecule is COC(=O)C1=COC(C)[C@H]2CN3CCc4c([nH]c5cc(OC)c(OC)cc45)C3CC12. The highest BCUT2D eigenvalue weighted by Crippen LogP contribution is 2.48. The molecule has 1 N–H and O–H groups in total. The van der Waals surface area contributed by atoms with Crippen molar-refractivity contribution in [2.45, 2.75) is 31.9 Å². The summed E-state index contributed by atoms with van der Waals surface area (Å²) in [7, 11) is 4.75. The van der Waals surface area contributed by atoms with Crippen molar-refractivity contribution in [3.05, 3.63) is 35.2 Å². The van der Waals surface area contributed by atoms with Gasteiger partial charge in [0.25, 0.3) is 0 Å². The van der Waals surface area contributed by atoms with Crippen LogP contribution in [0.5, 0.6) is 11.5 Å².